The molecule has 1 aromatic heterocycles. The average Bonchev–Trinajstić information content (AvgIpc) is 3.47. The number of hydrogen-bond acceptors (Lipinski definition) is 4. The average molecular weight is 707 g/mol. The zero-order valence-corrected chi connectivity index (χ0v) is 31.1. The van der Waals surface area contributed by atoms with Crippen LogP contribution in [-0.2, 0) is 16.6 Å². The summed E-state index contributed by atoms with van der Waals surface area (Å²) >= 11 is 0. The third-order valence-corrected chi connectivity index (χ3v) is 8.56. The summed E-state index contributed by atoms with van der Waals surface area (Å²) in [5, 5.41) is 11.2. The minimum atomic E-state index is -4.47. The van der Waals surface area contributed by atoms with Gasteiger partial charge in [0.25, 0.3) is 5.91 Å². The van der Waals surface area contributed by atoms with Crippen LogP contribution in [0.3, 0.4) is 0 Å². The van der Waals surface area contributed by atoms with Crippen molar-refractivity contribution in [2.75, 3.05) is 13.1 Å². The molecule has 51 heavy (non-hydrogen) atoms. The van der Waals surface area contributed by atoms with Crippen LogP contribution < -0.4 is 4.74 Å². The second-order valence-corrected chi connectivity index (χ2v) is 13.9. The van der Waals surface area contributed by atoms with Gasteiger partial charge in [-0.1, -0.05) is 123 Å². The van der Waals surface area contributed by atoms with Gasteiger partial charge >= 0.3 is 12.1 Å². The van der Waals surface area contributed by atoms with Crippen molar-refractivity contribution < 1.29 is 32.6 Å². The number of nitrogens with zero attached hydrogens (tertiary/aromatic N) is 2. The summed E-state index contributed by atoms with van der Waals surface area (Å²) in [6, 6.07) is 15.3. The van der Waals surface area contributed by atoms with E-state index in [1.807, 2.05) is 44.2 Å². The second-order valence-electron chi connectivity index (χ2n) is 13.9. The maximum atomic E-state index is 13.8. The lowest BCUT2D eigenvalue weighted by molar-refractivity contribution is -0.137. The Morgan fingerprint density at radius 1 is 0.961 bits per heavy atom. The van der Waals surface area contributed by atoms with Gasteiger partial charge in [-0.05, 0) is 71.0 Å². The highest BCUT2D eigenvalue weighted by atomic mass is 19.4. The number of fused-ring (bicyclic) bond motifs is 1. The van der Waals surface area contributed by atoms with Crippen molar-refractivity contribution in [3.63, 3.8) is 0 Å². The van der Waals surface area contributed by atoms with Crippen LogP contribution in [0.15, 0.2) is 84.0 Å². The second kappa shape index (κ2) is 18.7. The number of aliphatic carboxylic acids is 1. The number of carboxylic acids is 1. The Balaban J connectivity index is 0.00000133. The smallest absolute Gasteiger partial charge is 0.412 e. The lowest BCUT2D eigenvalue weighted by Crippen LogP contribution is -2.37. The first-order valence-electron chi connectivity index (χ1n) is 18.0. The Bertz CT molecular complexity index is 1710. The number of amides is 1. The highest BCUT2D eigenvalue weighted by Gasteiger charge is 2.33. The summed E-state index contributed by atoms with van der Waals surface area (Å²) < 4.78 is 45.9. The van der Waals surface area contributed by atoms with Crippen LogP contribution in [0, 0.1) is 5.92 Å². The molecule has 0 spiro atoms. The van der Waals surface area contributed by atoms with Crippen molar-refractivity contribution in [1.29, 1.82) is 0 Å². The molecule has 9 heteroatoms. The Morgan fingerprint density at radius 3 is 2.18 bits per heavy atom. The van der Waals surface area contributed by atoms with Crippen molar-refractivity contribution in [3.05, 3.63) is 101 Å². The normalized spacial score (nSPS) is 14.7. The van der Waals surface area contributed by atoms with E-state index in [-0.39, 0.29) is 24.1 Å². The molecule has 5 rings (SSSR count). The standard InChI is InChI=1S/C37H39F3N2O4.C3H8.C2H6/c1-36(2,3)27-14-17-29(18-15-27)46-30-16-12-26-20-33(41-32(31(26)21-30)19-24-7-4-5-8-24)35(45)42(23-34(43)44)22-25-9-6-10-28(13-11-25)37(38,39)40;1-3-2;1-2/h6,9-12,14-18,20-21,24H,4-5,7-8,13,19,22-23H2,1-3H3,(H,43,44);3H2,1-2H3;1-2H3. The first-order valence-corrected chi connectivity index (χ1v) is 18.0. The molecular weight excluding hydrogens is 653 g/mol. The van der Waals surface area contributed by atoms with E-state index >= 15 is 0 Å². The zero-order chi connectivity index (χ0) is 37.8. The fraction of sp³-hybridized carbons (Fsp3) is 0.452. The fourth-order valence-corrected chi connectivity index (χ4v) is 6.01. The predicted octanol–water partition coefficient (Wildman–Crippen LogP) is 11.4. The SMILES string of the molecule is CC.CC(C)(C)c1ccc(Oc2ccc3cc(C(=O)N(CC(=O)O)CC4=CCC(C(F)(F)F)=CC=C4)nc(CC4CCCC4)c3c2)cc1.CCC. The Hall–Kier alpha value is -4.40. The Morgan fingerprint density at radius 2 is 1.59 bits per heavy atom. The van der Waals surface area contributed by atoms with Gasteiger partial charge < -0.3 is 14.7 Å². The first kappa shape index (κ1) is 41.0. The summed E-state index contributed by atoms with van der Waals surface area (Å²) in [6.07, 6.45) is 6.60. The topological polar surface area (TPSA) is 79.7 Å². The maximum absolute atomic E-state index is 13.8. The number of aromatic nitrogens is 1. The molecule has 276 valence electrons. The molecule has 0 radical (unpaired) electrons. The van der Waals surface area contributed by atoms with Gasteiger partial charge in [0.2, 0.25) is 0 Å². The monoisotopic (exact) mass is 706 g/mol. The van der Waals surface area contributed by atoms with Crippen molar-refractivity contribution >= 4 is 22.6 Å². The van der Waals surface area contributed by atoms with Crippen LogP contribution in [0.25, 0.3) is 10.8 Å². The highest BCUT2D eigenvalue weighted by Crippen LogP contribution is 2.34. The number of benzene rings is 2. The third-order valence-electron chi connectivity index (χ3n) is 8.56. The number of carbonyl (C=O) groups is 2. The summed E-state index contributed by atoms with van der Waals surface area (Å²) in [5.41, 5.74) is 1.76. The predicted molar refractivity (Wildman–Crippen MR) is 199 cm³/mol. The number of ether oxygens (including phenoxy) is 1. The van der Waals surface area contributed by atoms with Gasteiger partial charge in [-0.2, -0.15) is 13.2 Å². The number of rotatable bonds is 9. The molecule has 1 amide bonds. The number of hydrogen-bond donors (Lipinski definition) is 1. The molecule has 6 nitrogen and oxygen atoms in total. The van der Waals surface area contributed by atoms with E-state index in [0.717, 1.165) is 53.1 Å². The molecule has 1 fully saturated rings. The zero-order valence-electron chi connectivity index (χ0n) is 31.1. The highest BCUT2D eigenvalue weighted by molar-refractivity contribution is 5.98. The lowest BCUT2D eigenvalue weighted by atomic mass is 9.87. The Labute approximate surface area is 301 Å². The van der Waals surface area contributed by atoms with E-state index in [4.69, 9.17) is 9.72 Å². The van der Waals surface area contributed by atoms with Gasteiger partial charge in [0.15, 0.2) is 0 Å². The van der Waals surface area contributed by atoms with E-state index in [1.54, 1.807) is 6.07 Å². The van der Waals surface area contributed by atoms with Gasteiger partial charge in [0.1, 0.15) is 23.7 Å². The largest absolute Gasteiger partial charge is 0.480 e. The molecule has 1 saturated carbocycles. The molecule has 3 aromatic rings. The molecule has 1 N–H and O–H groups in total. The maximum Gasteiger partial charge on any atom is 0.412 e. The first-order chi connectivity index (χ1) is 24.2. The van der Waals surface area contributed by atoms with Crippen LogP contribution in [0.5, 0.6) is 11.5 Å². The third kappa shape index (κ3) is 12.1. The number of carbonyl (C=O) groups excluding carboxylic acids is 1. The minimum Gasteiger partial charge on any atom is -0.480 e. The van der Waals surface area contributed by atoms with Gasteiger partial charge in [-0.3, -0.25) is 9.59 Å². The van der Waals surface area contributed by atoms with E-state index in [1.165, 1.54) is 30.2 Å². The number of halogens is 3. The molecule has 0 bridgehead atoms. The van der Waals surface area contributed by atoms with Crippen LogP contribution in [-0.4, -0.2) is 46.1 Å². The summed E-state index contributed by atoms with van der Waals surface area (Å²) in [7, 11) is 0. The van der Waals surface area contributed by atoms with Crippen molar-refractivity contribution in [1.82, 2.24) is 9.88 Å². The molecule has 2 aromatic carbocycles. The van der Waals surface area contributed by atoms with E-state index in [2.05, 4.69) is 46.8 Å². The van der Waals surface area contributed by atoms with Crippen molar-refractivity contribution in [2.45, 2.75) is 105 Å². The van der Waals surface area contributed by atoms with Crippen LogP contribution in [0.2, 0.25) is 0 Å². The van der Waals surface area contributed by atoms with Crippen molar-refractivity contribution in [2.24, 2.45) is 5.92 Å². The lowest BCUT2D eigenvalue weighted by Gasteiger charge is -2.22. The van der Waals surface area contributed by atoms with Crippen LogP contribution in [0.1, 0.15) is 109 Å². The van der Waals surface area contributed by atoms with E-state index < -0.39 is 30.2 Å². The number of pyridine rings is 1. The molecule has 1 heterocycles. The summed E-state index contributed by atoms with van der Waals surface area (Å²) in [4.78, 5) is 31.5. The molecule has 2 aliphatic carbocycles. The van der Waals surface area contributed by atoms with E-state index in [0.29, 0.717) is 29.4 Å². The molecule has 0 unspecified atom stereocenters. The molecule has 0 atom stereocenters. The number of carboxylic acid groups (broad SMARTS) is 1. The van der Waals surface area contributed by atoms with E-state index in [9.17, 15) is 27.9 Å². The number of alkyl halides is 3. The summed E-state index contributed by atoms with van der Waals surface area (Å²) in [6.45, 7) is 13.9. The summed E-state index contributed by atoms with van der Waals surface area (Å²) in [5.74, 6) is -0.0739. The van der Waals surface area contributed by atoms with Gasteiger partial charge in [0, 0.05) is 23.2 Å². The van der Waals surface area contributed by atoms with Gasteiger partial charge in [-0.25, -0.2) is 4.98 Å². The minimum absolute atomic E-state index is 0.0225. The quantitative estimate of drug-likeness (QED) is 0.240. The molecule has 0 aliphatic heterocycles. The fourth-order valence-electron chi connectivity index (χ4n) is 6.01. The molecular formula is C42H53F3N2O4. The molecule has 2 aliphatic rings. The molecule has 0 saturated heterocycles. The van der Waals surface area contributed by atoms with Crippen molar-refractivity contribution in [3.8, 4) is 11.5 Å². The van der Waals surface area contributed by atoms with Crippen LogP contribution >= 0.6 is 0 Å². The number of allylic oxidation sites excluding steroid dienone is 4. The van der Waals surface area contributed by atoms with Gasteiger partial charge in [-0.15, -0.1) is 0 Å². The van der Waals surface area contributed by atoms with Crippen LogP contribution in [0.4, 0.5) is 13.2 Å². The van der Waals surface area contributed by atoms with Gasteiger partial charge in [0.05, 0.1) is 0 Å². The Kier molecular flexibility index (Phi) is 15.1.